The summed E-state index contributed by atoms with van der Waals surface area (Å²) in [5.41, 5.74) is 2.36. The minimum absolute atomic E-state index is 0.107. The second-order valence-corrected chi connectivity index (χ2v) is 10.2. The summed E-state index contributed by atoms with van der Waals surface area (Å²) in [5.74, 6) is 0.956. The van der Waals surface area contributed by atoms with Crippen LogP contribution in [0.2, 0.25) is 0 Å². The fraction of sp³-hybridized carbons (Fsp3) is 0.682. The molecule has 3 rings (SSSR count). The van der Waals surface area contributed by atoms with Crippen molar-refractivity contribution in [2.24, 2.45) is 4.99 Å². The SMILES string of the molecule is Cc1c(N=C2SCC(C(C)OC(C)(C)C)N2C2CCCC2)ccc([N+](=O)[O-])c1C. The Morgan fingerprint density at radius 2 is 1.90 bits per heavy atom. The lowest BCUT2D eigenvalue weighted by atomic mass is 10.1. The Labute approximate surface area is 178 Å². The van der Waals surface area contributed by atoms with Crippen LogP contribution in [0.25, 0.3) is 0 Å². The molecule has 1 saturated heterocycles. The second-order valence-electron chi connectivity index (χ2n) is 9.16. The number of hydrogen-bond acceptors (Lipinski definition) is 5. The van der Waals surface area contributed by atoms with Crippen LogP contribution < -0.4 is 0 Å². The fourth-order valence-corrected chi connectivity index (χ4v) is 5.72. The quantitative estimate of drug-likeness (QED) is 0.448. The first-order valence-corrected chi connectivity index (χ1v) is 11.5. The Morgan fingerprint density at radius 3 is 2.48 bits per heavy atom. The van der Waals surface area contributed by atoms with Gasteiger partial charge >= 0.3 is 0 Å². The molecule has 7 heteroatoms. The van der Waals surface area contributed by atoms with E-state index >= 15 is 0 Å². The van der Waals surface area contributed by atoms with Crippen LogP contribution in [0.15, 0.2) is 17.1 Å². The van der Waals surface area contributed by atoms with E-state index in [2.05, 4.69) is 32.6 Å². The summed E-state index contributed by atoms with van der Waals surface area (Å²) >= 11 is 1.78. The van der Waals surface area contributed by atoms with Crippen LogP contribution >= 0.6 is 11.8 Å². The molecule has 0 N–H and O–H groups in total. The van der Waals surface area contributed by atoms with Gasteiger partial charge in [0.05, 0.1) is 28.4 Å². The van der Waals surface area contributed by atoms with E-state index in [9.17, 15) is 10.1 Å². The van der Waals surface area contributed by atoms with Gasteiger partial charge in [0.15, 0.2) is 5.17 Å². The number of aliphatic imine (C=N–C) groups is 1. The van der Waals surface area contributed by atoms with Gasteiger partial charge in [-0.25, -0.2) is 4.99 Å². The molecule has 6 nitrogen and oxygen atoms in total. The smallest absolute Gasteiger partial charge is 0.272 e. The van der Waals surface area contributed by atoms with Crippen molar-refractivity contribution in [2.45, 2.75) is 91.0 Å². The van der Waals surface area contributed by atoms with Gasteiger partial charge in [0.25, 0.3) is 5.69 Å². The molecule has 1 aromatic carbocycles. The third-order valence-corrected chi connectivity index (χ3v) is 6.97. The molecule has 0 bridgehead atoms. The normalized spacial score (nSPS) is 23.2. The monoisotopic (exact) mass is 419 g/mol. The van der Waals surface area contributed by atoms with Crippen molar-refractivity contribution in [3.05, 3.63) is 33.4 Å². The van der Waals surface area contributed by atoms with Crippen LogP contribution in [0.4, 0.5) is 11.4 Å². The van der Waals surface area contributed by atoms with E-state index in [0.29, 0.717) is 17.6 Å². The summed E-state index contributed by atoms with van der Waals surface area (Å²) in [6, 6.07) is 4.15. The number of hydrogen-bond donors (Lipinski definition) is 0. The number of thioether (sulfide) groups is 1. The molecule has 29 heavy (non-hydrogen) atoms. The number of nitro benzene ring substituents is 1. The second kappa shape index (κ2) is 8.64. The van der Waals surface area contributed by atoms with E-state index in [0.717, 1.165) is 22.2 Å². The zero-order valence-corrected chi connectivity index (χ0v) is 19.2. The molecule has 0 amide bonds. The Kier molecular flexibility index (Phi) is 6.58. The highest BCUT2D eigenvalue weighted by Gasteiger charge is 2.40. The van der Waals surface area contributed by atoms with E-state index in [1.54, 1.807) is 30.8 Å². The van der Waals surface area contributed by atoms with Gasteiger partial charge in [-0.1, -0.05) is 24.6 Å². The van der Waals surface area contributed by atoms with Crippen molar-refractivity contribution >= 4 is 28.3 Å². The molecule has 1 heterocycles. The van der Waals surface area contributed by atoms with Crippen molar-refractivity contribution < 1.29 is 9.66 Å². The van der Waals surface area contributed by atoms with Crippen LogP contribution in [0, 0.1) is 24.0 Å². The molecule has 1 saturated carbocycles. The minimum atomic E-state index is -0.323. The Morgan fingerprint density at radius 1 is 1.24 bits per heavy atom. The number of ether oxygens (including phenoxy) is 1. The Bertz CT molecular complexity index is 797. The maximum absolute atomic E-state index is 11.2. The van der Waals surface area contributed by atoms with Crippen LogP contribution in [-0.2, 0) is 4.74 Å². The molecule has 0 spiro atoms. The average Bonchev–Trinajstić information content (AvgIpc) is 3.26. The largest absolute Gasteiger partial charge is 0.371 e. The number of nitro groups is 1. The van der Waals surface area contributed by atoms with E-state index in [1.165, 1.54) is 25.7 Å². The van der Waals surface area contributed by atoms with Crippen molar-refractivity contribution in [3.8, 4) is 0 Å². The van der Waals surface area contributed by atoms with Gasteiger partial charge in [0.2, 0.25) is 0 Å². The summed E-state index contributed by atoms with van der Waals surface area (Å²) in [6.07, 6.45) is 5.01. The number of amidine groups is 1. The van der Waals surface area contributed by atoms with Crippen LogP contribution in [0.1, 0.15) is 64.5 Å². The highest BCUT2D eigenvalue weighted by molar-refractivity contribution is 8.14. The molecule has 2 unspecified atom stereocenters. The maximum Gasteiger partial charge on any atom is 0.272 e. The first kappa shape index (κ1) is 22.1. The van der Waals surface area contributed by atoms with Gasteiger partial charge in [-0.15, -0.1) is 0 Å². The van der Waals surface area contributed by atoms with Gasteiger partial charge < -0.3 is 9.64 Å². The highest BCUT2D eigenvalue weighted by Crippen LogP contribution is 2.38. The lowest BCUT2D eigenvalue weighted by Crippen LogP contribution is -2.48. The van der Waals surface area contributed by atoms with Crippen molar-refractivity contribution in [1.29, 1.82) is 0 Å². The number of rotatable bonds is 5. The van der Waals surface area contributed by atoms with Crippen molar-refractivity contribution in [2.75, 3.05) is 5.75 Å². The molecule has 2 fully saturated rings. The summed E-state index contributed by atoms with van der Waals surface area (Å²) < 4.78 is 6.31. The molecule has 0 radical (unpaired) electrons. The summed E-state index contributed by atoms with van der Waals surface area (Å²) in [5, 5.41) is 12.3. The lowest BCUT2D eigenvalue weighted by molar-refractivity contribution is -0.385. The predicted octanol–water partition coefficient (Wildman–Crippen LogP) is 5.76. The molecule has 160 valence electrons. The molecular weight excluding hydrogens is 386 g/mol. The molecule has 0 aromatic heterocycles. The first-order chi connectivity index (χ1) is 13.6. The van der Waals surface area contributed by atoms with Crippen molar-refractivity contribution in [1.82, 2.24) is 4.90 Å². The van der Waals surface area contributed by atoms with E-state index < -0.39 is 0 Å². The van der Waals surface area contributed by atoms with Crippen LogP contribution in [-0.4, -0.2) is 44.5 Å². The number of nitrogens with zero attached hydrogens (tertiary/aromatic N) is 3. The van der Waals surface area contributed by atoms with E-state index in [-0.39, 0.29) is 22.3 Å². The van der Waals surface area contributed by atoms with Gasteiger partial charge in [0, 0.05) is 23.4 Å². The third kappa shape index (κ3) is 4.94. The molecule has 1 aliphatic carbocycles. The molecular formula is C22H33N3O3S. The van der Waals surface area contributed by atoms with E-state index in [4.69, 9.17) is 9.73 Å². The van der Waals surface area contributed by atoms with E-state index in [1.807, 2.05) is 6.92 Å². The lowest BCUT2D eigenvalue weighted by Gasteiger charge is -2.37. The summed E-state index contributed by atoms with van der Waals surface area (Å²) in [4.78, 5) is 18.4. The summed E-state index contributed by atoms with van der Waals surface area (Å²) in [7, 11) is 0. The zero-order valence-electron chi connectivity index (χ0n) is 18.4. The average molecular weight is 420 g/mol. The third-order valence-electron chi connectivity index (χ3n) is 5.90. The van der Waals surface area contributed by atoms with Gasteiger partial charge in [-0.05, 0) is 66.0 Å². The minimum Gasteiger partial charge on any atom is -0.371 e. The molecule has 1 aliphatic heterocycles. The standard InChI is InChI=1S/C22H33N3O3S/c1-14-15(2)19(25(26)27)12-11-18(14)23-21-24(17-9-7-8-10-17)20(13-29-21)16(3)28-22(4,5)6/h11-12,16-17,20H,7-10,13H2,1-6H3. The molecule has 2 aliphatic rings. The van der Waals surface area contributed by atoms with Gasteiger partial charge in [0.1, 0.15) is 0 Å². The fourth-order valence-electron chi connectivity index (χ4n) is 4.37. The maximum atomic E-state index is 11.2. The van der Waals surface area contributed by atoms with Gasteiger partial charge in [-0.2, -0.15) is 0 Å². The highest BCUT2D eigenvalue weighted by atomic mass is 32.2. The molecule has 2 atom stereocenters. The van der Waals surface area contributed by atoms with Crippen LogP contribution in [0.5, 0.6) is 0 Å². The van der Waals surface area contributed by atoms with Crippen LogP contribution in [0.3, 0.4) is 0 Å². The van der Waals surface area contributed by atoms with Crippen molar-refractivity contribution in [3.63, 3.8) is 0 Å². The zero-order chi connectivity index (χ0) is 21.3. The Balaban J connectivity index is 1.93. The molecule has 1 aromatic rings. The van der Waals surface area contributed by atoms with Gasteiger partial charge in [-0.3, -0.25) is 10.1 Å². The Hall–Kier alpha value is -1.60. The first-order valence-electron chi connectivity index (χ1n) is 10.5. The summed E-state index contributed by atoms with van der Waals surface area (Å²) in [6.45, 7) is 12.2. The predicted molar refractivity (Wildman–Crippen MR) is 120 cm³/mol. The number of benzene rings is 1. The topological polar surface area (TPSA) is 68.0 Å².